The Bertz CT molecular complexity index is 372. The van der Waals surface area contributed by atoms with Crippen LogP contribution in [0.4, 0.5) is 0 Å². The number of ether oxygens (including phenoxy) is 1. The lowest BCUT2D eigenvalue weighted by Gasteiger charge is -2.29. The highest BCUT2D eigenvalue weighted by atomic mass is 16.5. The highest BCUT2D eigenvalue weighted by Gasteiger charge is 2.25. The summed E-state index contributed by atoms with van der Waals surface area (Å²) in [4.78, 5) is 0. The standard InChI is InChI=1S/C14H21NO2/c1-10-6-7-13(17-2)11(9-10)14(16)12-5-3-4-8-15-12/h6-7,9,12,14-16H,3-5,8H2,1-2H3. The Morgan fingerprint density at radius 1 is 1.41 bits per heavy atom. The van der Waals surface area contributed by atoms with Crippen LogP contribution in [0.2, 0.25) is 0 Å². The van der Waals surface area contributed by atoms with Crippen LogP contribution in [-0.4, -0.2) is 24.8 Å². The topological polar surface area (TPSA) is 41.5 Å². The van der Waals surface area contributed by atoms with Crippen LogP contribution in [0.5, 0.6) is 5.75 Å². The molecule has 3 nitrogen and oxygen atoms in total. The second-order valence-corrected chi connectivity index (χ2v) is 4.75. The number of piperidine rings is 1. The van der Waals surface area contributed by atoms with Gasteiger partial charge in [0, 0.05) is 11.6 Å². The molecule has 0 bridgehead atoms. The number of hydrogen-bond acceptors (Lipinski definition) is 3. The van der Waals surface area contributed by atoms with Crippen LogP contribution < -0.4 is 10.1 Å². The second kappa shape index (κ2) is 5.52. The van der Waals surface area contributed by atoms with Crippen molar-refractivity contribution in [2.24, 2.45) is 0 Å². The first-order valence-corrected chi connectivity index (χ1v) is 6.28. The molecule has 2 atom stereocenters. The van der Waals surface area contributed by atoms with Crippen molar-refractivity contribution >= 4 is 0 Å². The lowest BCUT2D eigenvalue weighted by Crippen LogP contribution is -2.38. The lowest BCUT2D eigenvalue weighted by molar-refractivity contribution is 0.111. The van der Waals surface area contributed by atoms with Gasteiger partial charge in [0.25, 0.3) is 0 Å². The Kier molecular flexibility index (Phi) is 4.02. The summed E-state index contributed by atoms with van der Waals surface area (Å²) in [6.45, 7) is 3.03. The van der Waals surface area contributed by atoms with E-state index in [2.05, 4.69) is 5.32 Å². The van der Waals surface area contributed by atoms with Crippen LogP contribution in [0, 0.1) is 6.92 Å². The molecule has 3 heteroatoms. The largest absolute Gasteiger partial charge is 0.496 e. The smallest absolute Gasteiger partial charge is 0.124 e. The number of aliphatic hydroxyl groups is 1. The number of aryl methyl sites for hydroxylation is 1. The van der Waals surface area contributed by atoms with Gasteiger partial charge in [-0.3, -0.25) is 0 Å². The normalized spacial score (nSPS) is 22.2. The molecule has 1 aliphatic heterocycles. The second-order valence-electron chi connectivity index (χ2n) is 4.75. The fourth-order valence-corrected chi connectivity index (χ4v) is 2.45. The predicted octanol–water partition coefficient (Wildman–Crippen LogP) is 2.18. The van der Waals surface area contributed by atoms with Crippen LogP contribution in [0.1, 0.15) is 36.5 Å². The van der Waals surface area contributed by atoms with Crippen molar-refractivity contribution in [2.45, 2.75) is 38.3 Å². The molecular weight excluding hydrogens is 214 g/mol. The third kappa shape index (κ3) is 2.79. The Hall–Kier alpha value is -1.06. The van der Waals surface area contributed by atoms with Gasteiger partial charge in [-0.25, -0.2) is 0 Å². The average molecular weight is 235 g/mol. The maximum absolute atomic E-state index is 10.4. The molecule has 1 aromatic carbocycles. The van der Waals surface area contributed by atoms with E-state index in [0.29, 0.717) is 0 Å². The van der Waals surface area contributed by atoms with Gasteiger partial charge in [-0.2, -0.15) is 0 Å². The van der Waals surface area contributed by atoms with E-state index in [0.717, 1.165) is 29.8 Å². The first kappa shape index (κ1) is 12.4. The molecule has 1 fully saturated rings. The number of aliphatic hydroxyl groups excluding tert-OH is 1. The summed E-state index contributed by atoms with van der Waals surface area (Å²) in [5.41, 5.74) is 2.04. The highest BCUT2D eigenvalue weighted by Crippen LogP contribution is 2.30. The molecule has 1 aromatic rings. The minimum atomic E-state index is -0.481. The first-order chi connectivity index (χ1) is 8.22. The quantitative estimate of drug-likeness (QED) is 0.843. The van der Waals surface area contributed by atoms with Crippen molar-refractivity contribution in [3.63, 3.8) is 0 Å². The summed E-state index contributed by atoms with van der Waals surface area (Å²) in [5.74, 6) is 0.774. The minimum absolute atomic E-state index is 0.152. The number of hydrogen-bond donors (Lipinski definition) is 2. The van der Waals surface area contributed by atoms with Crippen molar-refractivity contribution in [1.29, 1.82) is 0 Å². The number of methoxy groups -OCH3 is 1. The van der Waals surface area contributed by atoms with E-state index in [9.17, 15) is 5.11 Å². The molecule has 1 saturated heterocycles. The molecule has 2 N–H and O–H groups in total. The average Bonchev–Trinajstić information content (AvgIpc) is 2.39. The number of benzene rings is 1. The Morgan fingerprint density at radius 3 is 2.88 bits per heavy atom. The van der Waals surface area contributed by atoms with Gasteiger partial charge in [-0.05, 0) is 38.4 Å². The molecule has 94 valence electrons. The fraction of sp³-hybridized carbons (Fsp3) is 0.571. The summed E-state index contributed by atoms with van der Waals surface area (Å²) >= 11 is 0. The van der Waals surface area contributed by atoms with Gasteiger partial charge < -0.3 is 15.2 Å². The molecule has 0 amide bonds. The fourth-order valence-electron chi connectivity index (χ4n) is 2.45. The Labute approximate surface area is 103 Å². The SMILES string of the molecule is COc1ccc(C)cc1C(O)C1CCCCN1. The molecule has 0 spiro atoms. The van der Waals surface area contributed by atoms with Gasteiger partial charge in [-0.1, -0.05) is 18.1 Å². The minimum Gasteiger partial charge on any atom is -0.496 e. The van der Waals surface area contributed by atoms with E-state index < -0.39 is 6.10 Å². The molecular formula is C14H21NO2. The van der Waals surface area contributed by atoms with Crippen LogP contribution in [0.25, 0.3) is 0 Å². The van der Waals surface area contributed by atoms with Crippen LogP contribution in [0.3, 0.4) is 0 Å². The van der Waals surface area contributed by atoms with Gasteiger partial charge in [0.05, 0.1) is 13.2 Å². The maximum atomic E-state index is 10.4. The molecule has 0 saturated carbocycles. The third-order valence-electron chi connectivity index (χ3n) is 3.43. The molecule has 0 aromatic heterocycles. The van der Waals surface area contributed by atoms with Crippen molar-refractivity contribution in [3.8, 4) is 5.75 Å². The van der Waals surface area contributed by atoms with E-state index in [1.165, 1.54) is 12.8 Å². The summed E-state index contributed by atoms with van der Waals surface area (Å²) in [6.07, 6.45) is 2.93. The van der Waals surface area contributed by atoms with Gasteiger partial charge in [0.1, 0.15) is 5.75 Å². The van der Waals surface area contributed by atoms with Gasteiger partial charge in [0.2, 0.25) is 0 Å². The third-order valence-corrected chi connectivity index (χ3v) is 3.43. The summed E-state index contributed by atoms with van der Waals surface area (Å²) in [6, 6.07) is 6.10. The van der Waals surface area contributed by atoms with Crippen molar-refractivity contribution in [3.05, 3.63) is 29.3 Å². The number of nitrogens with one attached hydrogen (secondary N) is 1. The van der Waals surface area contributed by atoms with E-state index in [1.54, 1.807) is 7.11 Å². The monoisotopic (exact) mass is 235 g/mol. The van der Waals surface area contributed by atoms with Crippen molar-refractivity contribution < 1.29 is 9.84 Å². The van der Waals surface area contributed by atoms with Crippen molar-refractivity contribution in [1.82, 2.24) is 5.32 Å². The molecule has 0 radical (unpaired) electrons. The van der Waals surface area contributed by atoms with E-state index in [1.807, 2.05) is 25.1 Å². The Balaban J connectivity index is 2.21. The van der Waals surface area contributed by atoms with E-state index in [4.69, 9.17) is 4.74 Å². The molecule has 1 heterocycles. The molecule has 2 rings (SSSR count). The van der Waals surface area contributed by atoms with Crippen LogP contribution in [0.15, 0.2) is 18.2 Å². The van der Waals surface area contributed by atoms with Gasteiger partial charge >= 0.3 is 0 Å². The highest BCUT2D eigenvalue weighted by molar-refractivity contribution is 5.39. The first-order valence-electron chi connectivity index (χ1n) is 6.28. The van der Waals surface area contributed by atoms with Crippen LogP contribution >= 0.6 is 0 Å². The molecule has 17 heavy (non-hydrogen) atoms. The predicted molar refractivity (Wildman–Crippen MR) is 68.3 cm³/mol. The molecule has 1 aliphatic rings. The number of rotatable bonds is 3. The maximum Gasteiger partial charge on any atom is 0.124 e. The molecule has 0 aliphatic carbocycles. The van der Waals surface area contributed by atoms with Crippen molar-refractivity contribution in [2.75, 3.05) is 13.7 Å². The summed E-state index contributed by atoms with van der Waals surface area (Å²) in [5, 5.41) is 13.8. The van der Waals surface area contributed by atoms with E-state index >= 15 is 0 Å². The Morgan fingerprint density at radius 2 is 2.24 bits per heavy atom. The zero-order chi connectivity index (χ0) is 12.3. The lowest BCUT2D eigenvalue weighted by atomic mass is 9.93. The zero-order valence-corrected chi connectivity index (χ0v) is 10.6. The summed E-state index contributed by atoms with van der Waals surface area (Å²) in [7, 11) is 1.65. The zero-order valence-electron chi connectivity index (χ0n) is 10.6. The van der Waals surface area contributed by atoms with E-state index in [-0.39, 0.29) is 6.04 Å². The van der Waals surface area contributed by atoms with Crippen LogP contribution in [-0.2, 0) is 0 Å². The van der Waals surface area contributed by atoms with Gasteiger partial charge in [-0.15, -0.1) is 0 Å². The molecule has 2 unspecified atom stereocenters. The van der Waals surface area contributed by atoms with Gasteiger partial charge in [0.15, 0.2) is 0 Å². The summed E-state index contributed by atoms with van der Waals surface area (Å²) < 4.78 is 5.32.